The number of hydrogen-bond acceptors (Lipinski definition) is 4. The van der Waals surface area contributed by atoms with Gasteiger partial charge in [0, 0.05) is 39.2 Å². The van der Waals surface area contributed by atoms with Gasteiger partial charge >= 0.3 is 0 Å². The smallest absolute Gasteiger partial charge is 0.222 e. The van der Waals surface area contributed by atoms with Crippen LogP contribution in [0.5, 0.6) is 0 Å². The van der Waals surface area contributed by atoms with E-state index in [2.05, 4.69) is 10.3 Å². The Morgan fingerprint density at radius 1 is 1.19 bits per heavy atom. The van der Waals surface area contributed by atoms with Gasteiger partial charge in [-0.1, -0.05) is 6.07 Å². The maximum Gasteiger partial charge on any atom is 0.222 e. The van der Waals surface area contributed by atoms with Crippen LogP contribution in [0.15, 0.2) is 24.4 Å². The molecular weight excluding hydrogens is 268 g/mol. The molecular formula is C15H24N4O2. The van der Waals surface area contributed by atoms with E-state index in [-0.39, 0.29) is 11.8 Å². The summed E-state index contributed by atoms with van der Waals surface area (Å²) in [6, 6.07) is 5.58. The van der Waals surface area contributed by atoms with Crippen molar-refractivity contribution in [3.05, 3.63) is 30.1 Å². The topological polar surface area (TPSA) is 65.5 Å². The first kappa shape index (κ1) is 17.1. The Balaban J connectivity index is 2.31. The molecule has 0 saturated carbocycles. The lowest BCUT2D eigenvalue weighted by Crippen LogP contribution is -2.38. The number of nitrogens with zero attached hydrogens (tertiary/aromatic N) is 3. The summed E-state index contributed by atoms with van der Waals surface area (Å²) >= 11 is 0. The molecule has 0 fully saturated rings. The van der Waals surface area contributed by atoms with Crippen molar-refractivity contribution in [2.75, 3.05) is 33.7 Å². The predicted molar refractivity (Wildman–Crippen MR) is 81.5 cm³/mol. The van der Waals surface area contributed by atoms with Crippen molar-refractivity contribution in [2.45, 2.75) is 19.9 Å². The van der Waals surface area contributed by atoms with Crippen LogP contribution < -0.4 is 5.32 Å². The van der Waals surface area contributed by atoms with Gasteiger partial charge in [-0.05, 0) is 26.2 Å². The first-order valence-electron chi connectivity index (χ1n) is 7.06. The lowest BCUT2D eigenvalue weighted by Gasteiger charge is -2.22. The molecule has 116 valence electrons. The van der Waals surface area contributed by atoms with Gasteiger partial charge in [0.1, 0.15) is 0 Å². The second kappa shape index (κ2) is 9.07. The van der Waals surface area contributed by atoms with Gasteiger partial charge in [-0.3, -0.25) is 14.6 Å². The number of amides is 2. The molecule has 0 aliphatic rings. The first-order chi connectivity index (χ1) is 9.99. The first-order valence-corrected chi connectivity index (χ1v) is 7.06. The number of aromatic nitrogens is 1. The van der Waals surface area contributed by atoms with E-state index in [0.717, 1.165) is 12.2 Å². The Bertz CT molecular complexity index is 448. The minimum Gasteiger partial charge on any atom is -0.350 e. The maximum absolute atomic E-state index is 11.8. The Labute approximate surface area is 126 Å². The summed E-state index contributed by atoms with van der Waals surface area (Å²) in [6.07, 6.45) is 2.00. The molecule has 1 rings (SSSR count). The monoisotopic (exact) mass is 292 g/mol. The van der Waals surface area contributed by atoms with Gasteiger partial charge in [0.2, 0.25) is 11.8 Å². The van der Waals surface area contributed by atoms with E-state index in [1.807, 2.05) is 37.2 Å². The molecule has 0 spiro atoms. The highest BCUT2D eigenvalue weighted by molar-refractivity contribution is 5.77. The van der Waals surface area contributed by atoms with E-state index >= 15 is 0 Å². The van der Waals surface area contributed by atoms with Gasteiger partial charge in [-0.15, -0.1) is 0 Å². The average Bonchev–Trinajstić information content (AvgIpc) is 2.45. The zero-order valence-corrected chi connectivity index (χ0v) is 13.0. The predicted octanol–water partition coefficient (Wildman–Crippen LogP) is 0.498. The minimum absolute atomic E-state index is 0.00521. The third kappa shape index (κ3) is 7.41. The van der Waals surface area contributed by atoms with Crippen LogP contribution in [0, 0.1) is 0 Å². The largest absolute Gasteiger partial charge is 0.350 e. The molecule has 0 radical (unpaired) electrons. The minimum atomic E-state index is -0.0724. The molecule has 6 heteroatoms. The molecule has 0 bridgehead atoms. The third-order valence-corrected chi connectivity index (χ3v) is 3.06. The summed E-state index contributed by atoms with van der Waals surface area (Å²) in [5.74, 6) is -0.0777. The standard InChI is InChI=1S/C15H24N4O2/c1-13(20)19(11-10-18(2)3)9-7-15(21)17-12-14-6-4-5-8-16-14/h4-6,8H,7,9-12H2,1-3H3,(H,17,21). The Hall–Kier alpha value is -1.95. The van der Waals surface area contributed by atoms with Crippen molar-refractivity contribution in [3.8, 4) is 0 Å². The Morgan fingerprint density at radius 2 is 1.95 bits per heavy atom. The lowest BCUT2D eigenvalue weighted by molar-refractivity contribution is -0.129. The summed E-state index contributed by atoms with van der Waals surface area (Å²) in [6.45, 7) is 3.81. The van der Waals surface area contributed by atoms with Gasteiger partial charge in [-0.25, -0.2) is 0 Å². The normalized spacial score (nSPS) is 10.5. The van der Waals surface area contributed by atoms with Gasteiger partial charge in [0.25, 0.3) is 0 Å². The summed E-state index contributed by atoms with van der Waals surface area (Å²) in [5, 5.41) is 2.81. The molecule has 0 unspecified atom stereocenters. The summed E-state index contributed by atoms with van der Waals surface area (Å²) in [4.78, 5) is 31.2. The van der Waals surface area contributed by atoms with Crippen LogP contribution in [-0.2, 0) is 16.1 Å². The number of carbonyl (C=O) groups is 2. The number of rotatable bonds is 8. The quantitative estimate of drug-likeness (QED) is 0.758. The molecule has 21 heavy (non-hydrogen) atoms. The Kier molecular flexibility index (Phi) is 7.39. The molecule has 0 atom stereocenters. The summed E-state index contributed by atoms with van der Waals surface area (Å²) in [5.41, 5.74) is 0.821. The summed E-state index contributed by atoms with van der Waals surface area (Å²) in [7, 11) is 3.91. The van der Waals surface area contributed by atoms with E-state index in [0.29, 0.717) is 26.1 Å². The van der Waals surface area contributed by atoms with Crippen molar-refractivity contribution >= 4 is 11.8 Å². The molecule has 0 aliphatic carbocycles. The SMILES string of the molecule is CC(=O)N(CCC(=O)NCc1ccccn1)CCN(C)C. The molecule has 1 N–H and O–H groups in total. The number of carbonyl (C=O) groups excluding carboxylic acids is 2. The fraction of sp³-hybridized carbons (Fsp3) is 0.533. The lowest BCUT2D eigenvalue weighted by atomic mass is 10.3. The number of likely N-dealkylation sites (N-methyl/N-ethyl adjacent to an activating group) is 1. The van der Waals surface area contributed by atoms with Crippen molar-refractivity contribution < 1.29 is 9.59 Å². The average molecular weight is 292 g/mol. The molecule has 1 heterocycles. The zero-order valence-electron chi connectivity index (χ0n) is 13.0. The van der Waals surface area contributed by atoms with Crippen LogP contribution in [0.4, 0.5) is 0 Å². The van der Waals surface area contributed by atoms with Crippen LogP contribution in [0.3, 0.4) is 0 Å². The molecule has 2 amide bonds. The molecule has 0 saturated heterocycles. The highest BCUT2D eigenvalue weighted by Gasteiger charge is 2.11. The van der Waals surface area contributed by atoms with Gasteiger partial charge in [-0.2, -0.15) is 0 Å². The van der Waals surface area contributed by atoms with E-state index in [4.69, 9.17) is 0 Å². The number of hydrogen-bond donors (Lipinski definition) is 1. The van der Waals surface area contributed by atoms with Crippen LogP contribution in [0.25, 0.3) is 0 Å². The number of nitrogens with one attached hydrogen (secondary N) is 1. The Morgan fingerprint density at radius 3 is 2.52 bits per heavy atom. The third-order valence-electron chi connectivity index (χ3n) is 3.06. The van der Waals surface area contributed by atoms with E-state index in [1.165, 1.54) is 6.92 Å². The molecule has 6 nitrogen and oxygen atoms in total. The van der Waals surface area contributed by atoms with Crippen LogP contribution >= 0.6 is 0 Å². The van der Waals surface area contributed by atoms with E-state index < -0.39 is 0 Å². The van der Waals surface area contributed by atoms with Crippen LogP contribution in [0.1, 0.15) is 19.0 Å². The molecule has 0 aromatic carbocycles. The second-order valence-electron chi connectivity index (χ2n) is 5.16. The van der Waals surface area contributed by atoms with Crippen LogP contribution in [0.2, 0.25) is 0 Å². The second-order valence-corrected chi connectivity index (χ2v) is 5.16. The maximum atomic E-state index is 11.8. The van der Waals surface area contributed by atoms with Crippen molar-refractivity contribution in [1.29, 1.82) is 0 Å². The molecule has 0 aliphatic heterocycles. The van der Waals surface area contributed by atoms with Gasteiger partial charge < -0.3 is 15.1 Å². The van der Waals surface area contributed by atoms with Gasteiger partial charge in [0.05, 0.1) is 12.2 Å². The van der Waals surface area contributed by atoms with E-state index in [9.17, 15) is 9.59 Å². The fourth-order valence-electron chi connectivity index (χ4n) is 1.76. The van der Waals surface area contributed by atoms with Gasteiger partial charge in [0.15, 0.2) is 0 Å². The van der Waals surface area contributed by atoms with Crippen molar-refractivity contribution in [1.82, 2.24) is 20.1 Å². The van der Waals surface area contributed by atoms with E-state index in [1.54, 1.807) is 11.1 Å². The van der Waals surface area contributed by atoms with Crippen LogP contribution in [-0.4, -0.2) is 60.3 Å². The summed E-state index contributed by atoms with van der Waals surface area (Å²) < 4.78 is 0. The van der Waals surface area contributed by atoms with Crippen molar-refractivity contribution in [2.24, 2.45) is 0 Å². The molecule has 1 aromatic heterocycles. The number of pyridine rings is 1. The molecule has 1 aromatic rings. The zero-order chi connectivity index (χ0) is 15.7. The fourth-order valence-corrected chi connectivity index (χ4v) is 1.76. The highest BCUT2D eigenvalue weighted by Crippen LogP contribution is 1.96. The van der Waals surface area contributed by atoms with Crippen molar-refractivity contribution in [3.63, 3.8) is 0 Å². The highest BCUT2D eigenvalue weighted by atomic mass is 16.2.